The molecule has 1 N–H and O–H groups in total. The number of halogens is 1. The Hall–Kier alpha value is -3.35. The normalized spacial score (nSPS) is 17.6. The first kappa shape index (κ1) is 22.4. The van der Waals surface area contributed by atoms with Crippen LogP contribution in [0.15, 0.2) is 83.4 Å². The quantitative estimate of drug-likeness (QED) is 0.298. The second-order valence-corrected chi connectivity index (χ2v) is 8.91. The van der Waals surface area contributed by atoms with Crippen LogP contribution in [0.3, 0.4) is 0 Å². The number of nitrogens with one attached hydrogen (secondary N) is 1. The average molecular weight is 490 g/mol. The van der Waals surface area contributed by atoms with Crippen molar-refractivity contribution < 1.29 is 9.15 Å². The molecule has 2 aromatic carbocycles. The Kier molecular flexibility index (Phi) is 6.26. The number of ether oxygens (including phenoxy) is 1. The number of anilines is 1. The number of thiocarbonyl (C=S) groups is 1. The summed E-state index contributed by atoms with van der Waals surface area (Å²) in [6.45, 7) is 4.63. The van der Waals surface area contributed by atoms with Crippen molar-refractivity contribution in [2.45, 2.75) is 25.9 Å². The van der Waals surface area contributed by atoms with Crippen molar-refractivity contribution >= 4 is 34.6 Å². The Morgan fingerprint density at radius 3 is 2.65 bits per heavy atom. The van der Waals surface area contributed by atoms with E-state index in [1.54, 1.807) is 6.20 Å². The summed E-state index contributed by atoms with van der Waals surface area (Å²) < 4.78 is 12.1. The second-order valence-electron chi connectivity index (χ2n) is 8.08. The molecule has 7 heteroatoms. The van der Waals surface area contributed by atoms with Gasteiger partial charge in [0.25, 0.3) is 0 Å². The number of hydrogen-bond donors (Lipinski definition) is 1. The lowest BCUT2D eigenvalue weighted by Crippen LogP contribution is -2.29. The summed E-state index contributed by atoms with van der Waals surface area (Å²) in [7, 11) is 0. The SMILES string of the molecule is CCOc1ccc(N2C(=S)N[C@@H](c3ccccn3)[C@H]2c2ccc(-c3cc(Cl)ccc3C)o2)cc1. The average Bonchev–Trinajstić information content (AvgIpc) is 3.46. The molecule has 0 unspecified atom stereocenters. The fraction of sp³-hybridized carbons (Fsp3) is 0.185. The number of aryl methyl sites for hydroxylation is 1. The van der Waals surface area contributed by atoms with Crippen LogP contribution in [0.5, 0.6) is 5.75 Å². The first-order valence-corrected chi connectivity index (χ1v) is 11.9. The van der Waals surface area contributed by atoms with E-state index in [4.69, 9.17) is 33.0 Å². The minimum absolute atomic E-state index is 0.181. The molecule has 2 atom stereocenters. The third-order valence-electron chi connectivity index (χ3n) is 5.91. The summed E-state index contributed by atoms with van der Waals surface area (Å²) in [6.07, 6.45) is 1.79. The van der Waals surface area contributed by atoms with E-state index in [0.717, 1.165) is 39.8 Å². The summed E-state index contributed by atoms with van der Waals surface area (Å²) >= 11 is 12.1. The van der Waals surface area contributed by atoms with Gasteiger partial charge in [-0.2, -0.15) is 0 Å². The summed E-state index contributed by atoms with van der Waals surface area (Å²) in [4.78, 5) is 6.68. The number of rotatable bonds is 6. The van der Waals surface area contributed by atoms with Gasteiger partial charge in [0.15, 0.2) is 5.11 Å². The highest BCUT2D eigenvalue weighted by atomic mass is 35.5. The molecular weight excluding hydrogens is 466 g/mol. The maximum Gasteiger partial charge on any atom is 0.174 e. The first-order chi connectivity index (χ1) is 16.5. The van der Waals surface area contributed by atoms with Gasteiger partial charge in [0, 0.05) is 22.5 Å². The van der Waals surface area contributed by atoms with Crippen molar-refractivity contribution in [1.29, 1.82) is 0 Å². The van der Waals surface area contributed by atoms with E-state index in [1.807, 2.05) is 86.6 Å². The molecule has 3 heterocycles. The predicted molar refractivity (Wildman–Crippen MR) is 139 cm³/mol. The van der Waals surface area contributed by atoms with Crippen LogP contribution < -0.4 is 15.0 Å². The fourth-order valence-electron chi connectivity index (χ4n) is 4.31. The van der Waals surface area contributed by atoms with Gasteiger partial charge in [-0.1, -0.05) is 23.7 Å². The molecule has 1 aliphatic heterocycles. The minimum atomic E-state index is -0.228. The maximum absolute atomic E-state index is 6.45. The standard InChI is InChI=1S/C27H24ClN3O2S/c1-3-32-20-11-9-19(10-12-20)31-26(25(30-27(31)34)22-6-4-5-15-29-22)24-14-13-23(33-24)21-16-18(28)8-7-17(21)2/h4-16,25-26H,3H2,1-2H3,(H,30,34)/t25-,26+/m0/s1. The summed E-state index contributed by atoms with van der Waals surface area (Å²) in [5.74, 6) is 2.37. The van der Waals surface area contributed by atoms with E-state index in [-0.39, 0.29) is 12.1 Å². The van der Waals surface area contributed by atoms with Crippen molar-refractivity contribution in [2.24, 2.45) is 0 Å². The lowest BCUT2D eigenvalue weighted by Gasteiger charge is -2.26. The Morgan fingerprint density at radius 2 is 1.91 bits per heavy atom. The van der Waals surface area contributed by atoms with E-state index in [9.17, 15) is 0 Å². The number of nitrogens with zero attached hydrogens (tertiary/aromatic N) is 2. The van der Waals surface area contributed by atoms with Crippen LogP contribution in [0.1, 0.15) is 36.0 Å². The zero-order valence-corrected chi connectivity index (χ0v) is 20.4. The van der Waals surface area contributed by atoms with Crippen molar-refractivity contribution in [3.05, 3.63) is 101 Å². The lowest BCUT2D eigenvalue weighted by molar-refractivity contribution is 0.340. The molecule has 0 radical (unpaired) electrons. The number of aromatic nitrogens is 1. The van der Waals surface area contributed by atoms with Gasteiger partial charge in [0.05, 0.1) is 18.3 Å². The molecule has 5 nitrogen and oxygen atoms in total. The van der Waals surface area contributed by atoms with E-state index < -0.39 is 0 Å². The van der Waals surface area contributed by atoms with Crippen molar-refractivity contribution in [1.82, 2.24) is 10.3 Å². The highest BCUT2D eigenvalue weighted by Gasteiger charge is 2.42. The molecule has 0 aliphatic carbocycles. The molecular formula is C27H24ClN3O2S. The Balaban J connectivity index is 1.58. The predicted octanol–water partition coefficient (Wildman–Crippen LogP) is 6.88. The summed E-state index contributed by atoms with van der Waals surface area (Å²) in [6, 6.07) is 23.2. The van der Waals surface area contributed by atoms with Crippen molar-refractivity contribution in [3.8, 4) is 17.1 Å². The van der Waals surface area contributed by atoms with Gasteiger partial charge in [-0.3, -0.25) is 4.98 Å². The number of hydrogen-bond acceptors (Lipinski definition) is 4. The van der Waals surface area contributed by atoms with Gasteiger partial charge >= 0.3 is 0 Å². The third-order valence-corrected chi connectivity index (χ3v) is 6.46. The van der Waals surface area contributed by atoms with Gasteiger partial charge in [-0.05, 0) is 92.3 Å². The van der Waals surface area contributed by atoms with Gasteiger partial charge in [-0.15, -0.1) is 0 Å². The highest BCUT2D eigenvalue weighted by molar-refractivity contribution is 7.80. The zero-order valence-electron chi connectivity index (χ0n) is 18.9. The third kappa shape index (κ3) is 4.27. The van der Waals surface area contributed by atoms with E-state index in [0.29, 0.717) is 16.7 Å². The Morgan fingerprint density at radius 1 is 1.09 bits per heavy atom. The molecule has 172 valence electrons. The lowest BCUT2D eigenvalue weighted by atomic mass is 10.0. The highest BCUT2D eigenvalue weighted by Crippen LogP contribution is 2.43. The van der Waals surface area contributed by atoms with Crippen molar-refractivity contribution in [2.75, 3.05) is 11.5 Å². The molecule has 5 rings (SSSR count). The topological polar surface area (TPSA) is 50.5 Å². The summed E-state index contributed by atoms with van der Waals surface area (Å²) in [5, 5.41) is 4.74. The molecule has 0 saturated carbocycles. The second kappa shape index (κ2) is 9.49. The van der Waals surface area contributed by atoms with Gasteiger partial charge in [0.2, 0.25) is 0 Å². The van der Waals surface area contributed by atoms with Gasteiger partial charge < -0.3 is 19.4 Å². The molecule has 4 aromatic rings. The van der Waals surface area contributed by atoms with Crippen molar-refractivity contribution in [3.63, 3.8) is 0 Å². The number of pyridine rings is 1. The monoisotopic (exact) mass is 489 g/mol. The van der Waals surface area contributed by atoms with Crippen LogP contribution in [0, 0.1) is 6.92 Å². The maximum atomic E-state index is 6.45. The molecule has 34 heavy (non-hydrogen) atoms. The van der Waals surface area contributed by atoms with E-state index in [2.05, 4.69) is 15.2 Å². The van der Waals surface area contributed by atoms with Crippen LogP contribution in [0.4, 0.5) is 5.69 Å². The largest absolute Gasteiger partial charge is 0.494 e. The summed E-state index contributed by atoms with van der Waals surface area (Å²) in [5.41, 5.74) is 3.89. The Bertz CT molecular complexity index is 1310. The van der Waals surface area contributed by atoms with Crippen LogP contribution >= 0.6 is 23.8 Å². The molecule has 0 bridgehead atoms. The van der Waals surface area contributed by atoms with Crippen LogP contribution in [-0.4, -0.2) is 16.7 Å². The molecule has 0 spiro atoms. The molecule has 1 aliphatic rings. The molecule has 0 amide bonds. The fourth-order valence-corrected chi connectivity index (χ4v) is 4.83. The minimum Gasteiger partial charge on any atom is -0.494 e. The molecule has 1 fully saturated rings. The van der Waals surface area contributed by atoms with Gasteiger partial charge in [-0.25, -0.2) is 0 Å². The molecule has 2 aromatic heterocycles. The first-order valence-electron chi connectivity index (χ1n) is 11.1. The van der Waals surface area contributed by atoms with Crippen LogP contribution in [-0.2, 0) is 0 Å². The number of benzene rings is 2. The smallest absolute Gasteiger partial charge is 0.174 e. The molecule has 1 saturated heterocycles. The Labute approximate surface area is 209 Å². The van der Waals surface area contributed by atoms with Crippen LogP contribution in [0.25, 0.3) is 11.3 Å². The van der Waals surface area contributed by atoms with E-state index >= 15 is 0 Å². The zero-order chi connectivity index (χ0) is 23.7. The number of furan rings is 1. The van der Waals surface area contributed by atoms with Gasteiger partial charge in [0.1, 0.15) is 23.3 Å². The van der Waals surface area contributed by atoms with E-state index in [1.165, 1.54) is 0 Å². The van der Waals surface area contributed by atoms with Crippen LogP contribution in [0.2, 0.25) is 5.02 Å².